The second-order valence-corrected chi connectivity index (χ2v) is 3.60. The molecule has 7 heteroatoms. The minimum Gasteiger partial charge on any atom is -0.394 e. The third kappa shape index (κ3) is 2.08. The standard InChI is InChI=1S/C9H15N5O2/c1-13-8(7(10)6-11-13)12-9(15)14-2-4-16-5-3-14/h6H,2-5,10H2,1H3,(H,12,15). The molecule has 0 aliphatic carbocycles. The van der Waals surface area contributed by atoms with E-state index >= 15 is 0 Å². The van der Waals surface area contributed by atoms with Gasteiger partial charge in [0.1, 0.15) is 0 Å². The van der Waals surface area contributed by atoms with Crippen molar-refractivity contribution in [2.45, 2.75) is 0 Å². The second-order valence-electron chi connectivity index (χ2n) is 3.60. The number of amides is 2. The SMILES string of the molecule is Cn1ncc(N)c1NC(=O)N1CCOCC1. The topological polar surface area (TPSA) is 85.4 Å². The Bertz CT molecular complexity index is 364. The van der Waals surface area contributed by atoms with Gasteiger partial charge in [-0.1, -0.05) is 0 Å². The number of nitrogens with zero attached hydrogens (tertiary/aromatic N) is 3. The van der Waals surface area contributed by atoms with E-state index < -0.39 is 0 Å². The minimum atomic E-state index is -0.168. The van der Waals surface area contributed by atoms with Crippen LogP contribution in [-0.2, 0) is 11.8 Å². The van der Waals surface area contributed by atoms with Crippen LogP contribution >= 0.6 is 0 Å². The zero-order chi connectivity index (χ0) is 11.5. The first-order valence-electron chi connectivity index (χ1n) is 5.09. The van der Waals surface area contributed by atoms with Crippen LogP contribution in [0.5, 0.6) is 0 Å². The van der Waals surface area contributed by atoms with Crippen molar-refractivity contribution >= 4 is 17.5 Å². The summed E-state index contributed by atoms with van der Waals surface area (Å²) in [7, 11) is 1.73. The number of anilines is 2. The highest BCUT2D eigenvalue weighted by atomic mass is 16.5. The summed E-state index contributed by atoms with van der Waals surface area (Å²) in [5.74, 6) is 0.525. The summed E-state index contributed by atoms with van der Waals surface area (Å²) in [5.41, 5.74) is 6.14. The number of carbonyl (C=O) groups is 1. The van der Waals surface area contributed by atoms with Crippen LogP contribution in [0.2, 0.25) is 0 Å². The third-order valence-electron chi connectivity index (χ3n) is 2.49. The van der Waals surface area contributed by atoms with E-state index in [1.165, 1.54) is 10.9 Å². The molecule has 0 spiro atoms. The normalized spacial score (nSPS) is 16.2. The number of hydrogen-bond donors (Lipinski definition) is 2. The third-order valence-corrected chi connectivity index (χ3v) is 2.49. The summed E-state index contributed by atoms with van der Waals surface area (Å²) in [6.45, 7) is 2.36. The van der Waals surface area contributed by atoms with Crippen LogP contribution in [0.1, 0.15) is 0 Å². The molecule has 0 aromatic carbocycles. The van der Waals surface area contributed by atoms with Gasteiger partial charge >= 0.3 is 6.03 Å². The molecule has 0 saturated carbocycles. The summed E-state index contributed by atoms with van der Waals surface area (Å²) >= 11 is 0. The smallest absolute Gasteiger partial charge is 0.323 e. The van der Waals surface area contributed by atoms with Crippen molar-refractivity contribution in [2.75, 3.05) is 37.4 Å². The van der Waals surface area contributed by atoms with Gasteiger partial charge in [-0.05, 0) is 0 Å². The molecule has 0 unspecified atom stereocenters. The first-order chi connectivity index (χ1) is 7.68. The highest BCUT2D eigenvalue weighted by molar-refractivity contribution is 5.91. The molecule has 2 amide bonds. The van der Waals surface area contributed by atoms with Gasteiger partial charge in [-0.25, -0.2) is 4.79 Å². The molecule has 0 radical (unpaired) electrons. The van der Waals surface area contributed by atoms with E-state index in [1.54, 1.807) is 11.9 Å². The molecule has 2 heterocycles. The fraction of sp³-hybridized carbons (Fsp3) is 0.556. The van der Waals surface area contributed by atoms with Crippen LogP contribution in [0.25, 0.3) is 0 Å². The lowest BCUT2D eigenvalue weighted by atomic mass is 10.4. The molecular formula is C9H15N5O2. The van der Waals surface area contributed by atoms with Crippen molar-refractivity contribution in [3.8, 4) is 0 Å². The molecule has 7 nitrogen and oxygen atoms in total. The van der Waals surface area contributed by atoms with E-state index in [4.69, 9.17) is 10.5 Å². The van der Waals surface area contributed by atoms with E-state index in [1.807, 2.05) is 0 Å². The monoisotopic (exact) mass is 225 g/mol. The van der Waals surface area contributed by atoms with Gasteiger partial charge in [-0.15, -0.1) is 0 Å². The molecule has 0 atom stereocenters. The highest BCUT2D eigenvalue weighted by Crippen LogP contribution is 2.16. The van der Waals surface area contributed by atoms with Crippen LogP contribution in [-0.4, -0.2) is 47.0 Å². The van der Waals surface area contributed by atoms with Crippen LogP contribution in [0.4, 0.5) is 16.3 Å². The number of carbonyl (C=O) groups excluding carboxylic acids is 1. The molecule has 2 rings (SSSR count). The largest absolute Gasteiger partial charge is 0.394 e. The summed E-state index contributed by atoms with van der Waals surface area (Å²) < 4.78 is 6.70. The fourth-order valence-corrected chi connectivity index (χ4v) is 1.55. The number of nitrogens with one attached hydrogen (secondary N) is 1. The predicted molar refractivity (Wildman–Crippen MR) is 59.0 cm³/mol. The number of aryl methyl sites for hydroxylation is 1. The number of urea groups is 1. The van der Waals surface area contributed by atoms with Crippen molar-refractivity contribution < 1.29 is 9.53 Å². The van der Waals surface area contributed by atoms with Crippen LogP contribution in [0.3, 0.4) is 0 Å². The Morgan fingerprint density at radius 3 is 2.81 bits per heavy atom. The molecule has 1 aliphatic rings. The molecule has 16 heavy (non-hydrogen) atoms. The lowest BCUT2D eigenvalue weighted by Gasteiger charge is -2.26. The number of nitrogen functional groups attached to an aromatic ring is 1. The average molecular weight is 225 g/mol. The molecule has 1 fully saturated rings. The maximum Gasteiger partial charge on any atom is 0.323 e. The number of ether oxygens (including phenoxy) is 1. The Balaban J connectivity index is 2.01. The van der Waals surface area contributed by atoms with Crippen molar-refractivity contribution in [1.29, 1.82) is 0 Å². The van der Waals surface area contributed by atoms with Gasteiger partial charge in [0.25, 0.3) is 0 Å². The average Bonchev–Trinajstić information content (AvgIpc) is 2.62. The summed E-state index contributed by atoms with van der Waals surface area (Å²) in [4.78, 5) is 13.5. The molecule has 3 N–H and O–H groups in total. The van der Waals surface area contributed by atoms with Crippen molar-refractivity contribution in [3.05, 3.63) is 6.20 Å². The maximum absolute atomic E-state index is 11.8. The Morgan fingerprint density at radius 1 is 1.56 bits per heavy atom. The number of nitrogens with two attached hydrogens (primary N) is 1. The Kier molecular flexibility index (Phi) is 2.95. The van der Waals surface area contributed by atoms with Crippen LogP contribution in [0, 0.1) is 0 Å². The van der Waals surface area contributed by atoms with Gasteiger partial charge in [-0.3, -0.25) is 10.00 Å². The molecular weight excluding hydrogens is 210 g/mol. The van der Waals surface area contributed by atoms with E-state index in [9.17, 15) is 4.79 Å². The van der Waals surface area contributed by atoms with Crippen LogP contribution in [0.15, 0.2) is 6.20 Å². The van der Waals surface area contributed by atoms with Gasteiger partial charge in [0.15, 0.2) is 5.82 Å². The van der Waals surface area contributed by atoms with Gasteiger partial charge in [0.05, 0.1) is 25.1 Å². The zero-order valence-corrected chi connectivity index (χ0v) is 9.14. The number of morpholine rings is 1. The number of hydrogen-bond acceptors (Lipinski definition) is 4. The van der Waals surface area contributed by atoms with Crippen molar-refractivity contribution in [1.82, 2.24) is 14.7 Å². The van der Waals surface area contributed by atoms with Crippen molar-refractivity contribution in [3.63, 3.8) is 0 Å². The van der Waals surface area contributed by atoms with Gasteiger partial charge in [0, 0.05) is 20.1 Å². The van der Waals surface area contributed by atoms with Crippen LogP contribution < -0.4 is 11.1 Å². The number of aromatic nitrogens is 2. The molecule has 0 bridgehead atoms. The number of rotatable bonds is 1. The Hall–Kier alpha value is -1.76. The second kappa shape index (κ2) is 4.40. The lowest BCUT2D eigenvalue weighted by Crippen LogP contribution is -2.43. The Labute approximate surface area is 93.1 Å². The van der Waals surface area contributed by atoms with Gasteiger partial charge in [0.2, 0.25) is 0 Å². The van der Waals surface area contributed by atoms with Gasteiger partial charge < -0.3 is 15.4 Å². The molecule has 1 saturated heterocycles. The first-order valence-corrected chi connectivity index (χ1v) is 5.09. The Morgan fingerprint density at radius 2 is 2.25 bits per heavy atom. The van der Waals surface area contributed by atoms with E-state index in [0.29, 0.717) is 37.8 Å². The molecule has 1 aromatic heterocycles. The zero-order valence-electron chi connectivity index (χ0n) is 9.14. The summed E-state index contributed by atoms with van der Waals surface area (Å²) in [6.07, 6.45) is 1.51. The van der Waals surface area contributed by atoms with E-state index in [-0.39, 0.29) is 6.03 Å². The van der Waals surface area contributed by atoms with Crippen molar-refractivity contribution in [2.24, 2.45) is 7.05 Å². The molecule has 1 aromatic rings. The minimum absolute atomic E-state index is 0.168. The summed E-state index contributed by atoms with van der Waals surface area (Å²) in [6, 6.07) is -0.168. The first kappa shape index (κ1) is 10.7. The van der Waals surface area contributed by atoms with E-state index in [0.717, 1.165) is 0 Å². The predicted octanol–water partition coefficient (Wildman–Crippen LogP) is -0.134. The molecule has 1 aliphatic heterocycles. The molecule has 88 valence electrons. The fourth-order valence-electron chi connectivity index (χ4n) is 1.55. The van der Waals surface area contributed by atoms with E-state index in [2.05, 4.69) is 10.4 Å². The van der Waals surface area contributed by atoms with Gasteiger partial charge in [-0.2, -0.15) is 5.10 Å². The summed E-state index contributed by atoms with van der Waals surface area (Å²) in [5, 5.41) is 6.68. The maximum atomic E-state index is 11.8. The highest BCUT2D eigenvalue weighted by Gasteiger charge is 2.18. The lowest BCUT2D eigenvalue weighted by molar-refractivity contribution is 0.0564. The quantitative estimate of drug-likeness (QED) is 0.697.